The van der Waals surface area contributed by atoms with Crippen LogP contribution in [0.3, 0.4) is 0 Å². The summed E-state index contributed by atoms with van der Waals surface area (Å²) >= 11 is 1.49. The number of halogens is 3. The molecule has 0 bridgehead atoms. The average molecular weight is 423 g/mol. The minimum Gasteiger partial charge on any atom is -0.349 e. The molecule has 0 unspecified atom stereocenters. The number of hydrogen-bond acceptors (Lipinski definition) is 5. The molecule has 0 aliphatic carbocycles. The van der Waals surface area contributed by atoms with Crippen LogP contribution in [0.4, 0.5) is 13.2 Å². The summed E-state index contributed by atoms with van der Waals surface area (Å²) in [5.74, 6) is 0.109. The number of nitrogens with zero attached hydrogens (tertiary/aromatic N) is 4. The molecule has 0 saturated heterocycles. The maximum atomic E-state index is 12.4. The normalized spacial score (nSPS) is 11.8. The van der Waals surface area contributed by atoms with Gasteiger partial charge >= 0.3 is 6.18 Å². The van der Waals surface area contributed by atoms with Gasteiger partial charge in [0.2, 0.25) is 5.82 Å². The van der Waals surface area contributed by atoms with E-state index in [0.717, 1.165) is 10.6 Å². The lowest BCUT2D eigenvalue weighted by Gasteiger charge is -2.18. The second-order valence-corrected chi connectivity index (χ2v) is 7.39. The van der Waals surface area contributed by atoms with Crippen LogP contribution in [-0.4, -0.2) is 58.4 Å². The Bertz CT molecular complexity index is 925. The molecule has 1 N–H and O–H groups in total. The van der Waals surface area contributed by atoms with Gasteiger partial charge in [-0.25, -0.2) is 9.67 Å². The molecule has 10 heteroatoms. The van der Waals surface area contributed by atoms with Crippen molar-refractivity contribution in [2.45, 2.75) is 12.6 Å². The number of carbonyl (C=O) groups is 1. The van der Waals surface area contributed by atoms with E-state index in [1.165, 1.54) is 23.3 Å². The summed E-state index contributed by atoms with van der Waals surface area (Å²) in [7, 11) is 1.39. The SMILES string of the molecule is CN(CCCNC(=O)c1nc(-c2cccs2)n(-c2ccccc2)n1)CC(F)(F)F. The molecule has 0 saturated carbocycles. The smallest absolute Gasteiger partial charge is 0.349 e. The van der Waals surface area contributed by atoms with Gasteiger partial charge in [-0.1, -0.05) is 24.3 Å². The van der Waals surface area contributed by atoms with Gasteiger partial charge in [-0.05, 0) is 43.6 Å². The molecule has 2 heterocycles. The maximum Gasteiger partial charge on any atom is 0.401 e. The van der Waals surface area contributed by atoms with E-state index in [4.69, 9.17) is 0 Å². The van der Waals surface area contributed by atoms with Crippen molar-refractivity contribution in [3.8, 4) is 16.4 Å². The Kier molecular flexibility index (Phi) is 6.65. The summed E-state index contributed by atoms with van der Waals surface area (Å²) in [6.45, 7) is -0.532. The van der Waals surface area contributed by atoms with Gasteiger partial charge < -0.3 is 5.32 Å². The number of amides is 1. The molecule has 0 aliphatic rings. The first-order valence-corrected chi connectivity index (χ1v) is 9.81. The number of carbonyl (C=O) groups excluding carboxylic acids is 1. The Morgan fingerprint density at radius 1 is 1.21 bits per heavy atom. The van der Waals surface area contributed by atoms with E-state index in [1.807, 2.05) is 47.8 Å². The van der Waals surface area contributed by atoms with Crippen LogP contribution >= 0.6 is 11.3 Å². The Hall–Kier alpha value is -2.72. The number of para-hydroxylation sites is 1. The lowest BCUT2D eigenvalue weighted by atomic mass is 10.3. The summed E-state index contributed by atoms with van der Waals surface area (Å²) in [5, 5.41) is 8.93. The number of alkyl halides is 3. The zero-order valence-electron chi connectivity index (χ0n) is 15.7. The Morgan fingerprint density at radius 2 is 1.97 bits per heavy atom. The topological polar surface area (TPSA) is 63.1 Å². The third-order valence-electron chi connectivity index (χ3n) is 4.00. The van der Waals surface area contributed by atoms with Crippen molar-refractivity contribution in [1.29, 1.82) is 0 Å². The molecule has 2 aromatic heterocycles. The highest BCUT2D eigenvalue weighted by atomic mass is 32.1. The Labute approximate surface area is 170 Å². The van der Waals surface area contributed by atoms with Gasteiger partial charge in [0.15, 0.2) is 5.82 Å². The van der Waals surface area contributed by atoms with Crippen molar-refractivity contribution in [2.24, 2.45) is 0 Å². The number of nitrogens with one attached hydrogen (secondary N) is 1. The summed E-state index contributed by atoms with van der Waals surface area (Å²) < 4.78 is 38.6. The molecule has 3 aromatic rings. The first-order valence-electron chi connectivity index (χ1n) is 8.93. The van der Waals surface area contributed by atoms with Gasteiger partial charge in [0.1, 0.15) is 0 Å². The van der Waals surface area contributed by atoms with E-state index in [-0.39, 0.29) is 18.9 Å². The minimum atomic E-state index is -4.23. The van der Waals surface area contributed by atoms with Gasteiger partial charge in [-0.15, -0.1) is 16.4 Å². The van der Waals surface area contributed by atoms with E-state index in [1.54, 1.807) is 4.68 Å². The zero-order chi connectivity index (χ0) is 20.9. The largest absolute Gasteiger partial charge is 0.401 e. The molecule has 1 aromatic carbocycles. The third kappa shape index (κ3) is 5.88. The van der Waals surface area contributed by atoms with Gasteiger partial charge in [0.05, 0.1) is 17.1 Å². The van der Waals surface area contributed by atoms with Gasteiger partial charge in [0.25, 0.3) is 5.91 Å². The van der Waals surface area contributed by atoms with E-state index in [0.29, 0.717) is 12.2 Å². The predicted molar refractivity (Wildman–Crippen MR) is 105 cm³/mol. The van der Waals surface area contributed by atoms with Crippen molar-refractivity contribution in [3.05, 3.63) is 53.7 Å². The number of aromatic nitrogens is 3. The number of hydrogen-bond donors (Lipinski definition) is 1. The molecule has 1 amide bonds. The van der Waals surface area contributed by atoms with Crippen LogP contribution in [0.2, 0.25) is 0 Å². The van der Waals surface area contributed by atoms with Crippen molar-refractivity contribution < 1.29 is 18.0 Å². The Morgan fingerprint density at radius 3 is 2.62 bits per heavy atom. The van der Waals surface area contributed by atoms with Crippen LogP contribution in [0.25, 0.3) is 16.4 Å². The fourth-order valence-corrected chi connectivity index (χ4v) is 3.44. The molecule has 6 nitrogen and oxygen atoms in total. The summed E-state index contributed by atoms with van der Waals surface area (Å²) in [4.78, 5) is 18.9. The van der Waals surface area contributed by atoms with Gasteiger partial charge in [-0.2, -0.15) is 13.2 Å². The summed E-state index contributed by atoms with van der Waals surface area (Å²) in [6, 6.07) is 13.1. The van der Waals surface area contributed by atoms with Crippen LogP contribution < -0.4 is 5.32 Å². The van der Waals surface area contributed by atoms with Crippen molar-refractivity contribution in [1.82, 2.24) is 25.0 Å². The second kappa shape index (κ2) is 9.19. The second-order valence-electron chi connectivity index (χ2n) is 6.45. The number of thiophene rings is 1. The fourth-order valence-electron chi connectivity index (χ4n) is 2.74. The van der Waals surface area contributed by atoms with Crippen molar-refractivity contribution in [2.75, 3.05) is 26.7 Å². The van der Waals surface area contributed by atoms with Crippen LogP contribution in [0.1, 0.15) is 17.0 Å². The highest BCUT2D eigenvalue weighted by molar-refractivity contribution is 7.13. The molecule has 0 fully saturated rings. The quantitative estimate of drug-likeness (QED) is 0.563. The Balaban J connectivity index is 1.65. The molecule has 0 atom stereocenters. The van der Waals surface area contributed by atoms with E-state index in [9.17, 15) is 18.0 Å². The molecule has 3 rings (SSSR count). The summed E-state index contributed by atoms with van der Waals surface area (Å²) in [5.41, 5.74) is 0.774. The molecular formula is C19H20F3N5OS. The molecule has 0 spiro atoms. The average Bonchev–Trinajstić information content (AvgIpc) is 3.33. The first kappa shape index (κ1) is 21.0. The van der Waals surface area contributed by atoms with Crippen molar-refractivity contribution in [3.63, 3.8) is 0 Å². The monoisotopic (exact) mass is 423 g/mol. The zero-order valence-corrected chi connectivity index (χ0v) is 16.5. The van der Waals surface area contributed by atoms with Gasteiger partial charge in [-0.3, -0.25) is 9.69 Å². The highest BCUT2D eigenvalue weighted by Gasteiger charge is 2.28. The molecule has 0 radical (unpaired) electrons. The van der Waals surface area contributed by atoms with Crippen LogP contribution in [0.15, 0.2) is 47.8 Å². The third-order valence-corrected chi connectivity index (χ3v) is 4.87. The molecular weight excluding hydrogens is 403 g/mol. The minimum absolute atomic E-state index is 0.0147. The lowest BCUT2D eigenvalue weighted by molar-refractivity contribution is -0.143. The molecule has 154 valence electrons. The van der Waals surface area contributed by atoms with E-state index >= 15 is 0 Å². The van der Waals surface area contributed by atoms with Gasteiger partial charge in [0, 0.05) is 6.54 Å². The standard InChI is InChI=1S/C19H20F3N5OS/c1-26(13-19(20,21)22)11-6-10-23-18(28)16-24-17(15-9-5-12-29-15)27(25-16)14-7-3-2-4-8-14/h2-5,7-9,12H,6,10-11,13H2,1H3,(H,23,28). The fraction of sp³-hybridized carbons (Fsp3) is 0.316. The summed E-state index contributed by atoms with van der Waals surface area (Å²) in [6.07, 6.45) is -3.85. The highest BCUT2D eigenvalue weighted by Crippen LogP contribution is 2.25. The number of benzene rings is 1. The van der Waals surface area contributed by atoms with Crippen LogP contribution in [-0.2, 0) is 0 Å². The first-order chi connectivity index (χ1) is 13.8. The van der Waals surface area contributed by atoms with E-state index in [2.05, 4.69) is 15.4 Å². The molecule has 0 aliphatic heterocycles. The maximum absolute atomic E-state index is 12.4. The predicted octanol–water partition coefficient (Wildman–Crippen LogP) is 3.61. The van der Waals surface area contributed by atoms with Crippen LogP contribution in [0.5, 0.6) is 0 Å². The molecule has 29 heavy (non-hydrogen) atoms. The van der Waals surface area contributed by atoms with Crippen LogP contribution in [0, 0.1) is 0 Å². The lowest BCUT2D eigenvalue weighted by Crippen LogP contribution is -2.34. The van der Waals surface area contributed by atoms with Crippen molar-refractivity contribution >= 4 is 17.2 Å². The van der Waals surface area contributed by atoms with E-state index < -0.39 is 18.6 Å². The number of rotatable bonds is 8.